The number of aromatic nitrogens is 1. The second-order valence-electron chi connectivity index (χ2n) is 6.76. The second kappa shape index (κ2) is 8.44. The maximum absolute atomic E-state index is 4.69. The second-order valence-corrected chi connectivity index (χ2v) is 6.76. The van der Waals surface area contributed by atoms with Crippen LogP contribution in [-0.4, -0.2) is 4.98 Å². The van der Waals surface area contributed by atoms with E-state index in [1.807, 2.05) is 6.20 Å². The maximum Gasteiger partial charge on any atom is 0.0466 e. The summed E-state index contributed by atoms with van der Waals surface area (Å²) >= 11 is 0. The van der Waals surface area contributed by atoms with Crippen LogP contribution < -0.4 is 0 Å². The van der Waals surface area contributed by atoms with Crippen molar-refractivity contribution in [2.24, 2.45) is 0 Å². The summed E-state index contributed by atoms with van der Waals surface area (Å²) in [4.78, 5) is 4.69. The van der Waals surface area contributed by atoms with E-state index in [1.165, 1.54) is 48.9 Å². The van der Waals surface area contributed by atoms with E-state index < -0.39 is 0 Å². The lowest BCUT2D eigenvalue weighted by molar-refractivity contribution is 0.566. The van der Waals surface area contributed by atoms with Crippen LogP contribution in [-0.2, 0) is 0 Å². The van der Waals surface area contributed by atoms with Gasteiger partial charge in [0.25, 0.3) is 0 Å². The average Bonchev–Trinajstić information content (AvgIpc) is 2.42. The summed E-state index contributed by atoms with van der Waals surface area (Å²) in [6.07, 6.45) is 8.70. The summed E-state index contributed by atoms with van der Waals surface area (Å²) in [5.41, 5.74) is 4.36. The fraction of sp³-hybridized carbons (Fsp3) is 0.737. The third kappa shape index (κ3) is 4.61. The zero-order chi connectivity index (χ0) is 15.1. The van der Waals surface area contributed by atoms with Gasteiger partial charge in [0.2, 0.25) is 0 Å². The number of rotatable bonds is 8. The van der Waals surface area contributed by atoms with E-state index in [-0.39, 0.29) is 0 Å². The molecule has 0 aromatic carbocycles. The molecule has 1 aromatic heterocycles. The van der Waals surface area contributed by atoms with E-state index in [0.29, 0.717) is 17.8 Å². The largest absolute Gasteiger partial charge is 0.261 e. The SMILES string of the molecule is CCCCCCC(C)c1c(C(C)C)ccnc1C(C)C. The minimum Gasteiger partial charge on any atom is -0.261 e. The zero-order valence-electron chi connectivity index (χ0n) is 14.4. The molecule has 0 N–H and O–H groups in total. The van der Waals surface area contributed by atoms with Crippen LogP contribution in [0.4, 0.5) is 0 Å². The van der Waals surface area contributed by atoms with E-state index in [1.54, 1.807) is 0 Å². The van der Waals surface area contributed by atoms with Crippen LogP contribution in [0.5, 0.6) is 0 Å². The summed E-state index contributed by atoms with van der Waals surface area (Å²) in [5.74, 6) is 1.74. The Morgan fingerprint density at radius 2 is 1.65 bits per heavy atom. The number of pyridine rings is 1. The van der Waals surface area contributed by atoms with E-state index in [9.17, 15) is 0 Å². The molecule has 0 fully saturated rings. The first-order valence-corrected chi connectivity index (χ1v) is 8.47. The first-order chi connectivity index (χ1) is 9.49. The number of hydrogen-bond acceptors (Lipinski definition) is 1. The van der Waals surface area contributed by atoms with E-state index in [4.69, 9.17) is 0 Å². The van der Waals surface area contributed by atoms with Crippen molar-refractivity contribution in [1.29, 1.82) is 0 Å². The predicted molar refractivity (Wildman–Crippen MR) is 89.6 cm³/mol. The molecule has 1 heterocycles. The fourth-order valence-corrected chi connectivity index (χ4v) is 3.03. The number of nitrogens with zero attached hydrogens (tertiary/aromatic N) is 1. The number of hydrogen-bond donors (Lipinski definition) is 0. The standard InChI is InChI=1S/C19H33N/c1-7-8-9-10-11-16(6)18-17(14(2)3)12-13-20-19(18)15(4)5/h12-16H,7-11H2,1-6H3. The molecule has 0 aliphatic rings. The molecule has 0 saturated carbocycles. The van der Waals surface area contributed by atoms with Gasteiger partial charge in [-0.3, -0.25) is 4.98 Å². The van der Waals surface area contributed by atoms with Crippen molar-refractivity contribution in [1.82, 2.24) is 4.98 Å². The molecular weight excluding hydrogens is 242 g/mol. The molecule has 1 aromatic rings. The third-order valence-corrected chi connectivity index (χ3v) is 4.21. The van der Waals surface area contributed by atoms with Crippen molar-refractivity contribution < 1.29 is 0 Å². The Kier molecular flexibility index (Phi) is 7.26. The summed E-state index contributed by atoms with van der Waals surface area (Å²) in [5, 5.41) is 0. The Bertz CT molecular complexity index is 367. The molecule has 0 saturated heterocycles. The van der Waals surface area contributed by atoms with Crippen molar-refractivity contribution in [2.75, 3.05) is 0 Å². The van der Waals surface area contributed by atoms with Gasteiger partial charge in [-0.25, -0.2) is 0 Å². The van der Waals surface area contributed by atoms with Gasteiger partial charge < -0.3 is 0 Å². The van der Waals surface area contributed by atoms with Gasteiger partial charge in [-0.05, 0) is 41.4 Å². The Balaban J connectivity index is 2.94. The Labute approximate surface area is 126 Å². The minimum absolute atomic E-state index is 0.516. The van der Waals surface area contributed by atoms with Crippen LogP contribution in [0.2, 0.25) is 0 Å². The van der Waals surface area contributed by atoms with Gasteiger partial charge >= 0.3 is 0 Å². The Hall–Kier alpha value is -0.850. The smallest absolute Gasteiger partial charge is 0.0466 e. The molecule has 1 rings (SSSR count). The molecule has 1 unspecified atom stereocenters. The summed E-state index contributed by atoms with van der Waals surface area (Å²) < 4.78 is 0. The van der Waals surface area contributed by atoms with Crippen LogP contribution in [0.1, 0.15) is 108 Å². The molecular formula is C19H33N. The normalized spacial score (nSPS) is 13.2. The van der Waals surface area contributed by atoms with E-state index in [0.717, 1.165) is 0 Å². The molecule has 0 spiro atoms. The Morgan fingerprint density at radius 1 is 0.950 bits per heavy atom. The topological polar surface area (TPSA) is 12.9 Å². The van der Waals surface area contributed by atoms with Crippen LogP contribution in [0, 0.1) is 0 Å². The molecule has 0 radical (unpaired) electrons. The highest BCUT2D eigenvalue weighted by Crippen LogP contribution is 2.34. The molecule has 0 amide bonds. The minimum atomic E-state index is 0.516. The molecule has 1 nitrogen and oxygen atoms in total. The summed E-state index contributed by atoms with van der Waals surface area (Å²) in [6.45, 7) is 13.8. The molecule has 0 aliphatic heterocycles. The molecule has 114 valence electrons. The van der Waals surface area contributed by atoms with Gasteiger partial charge in [-0.1, -0.05) is 67.2 Å². The Morgan fingerprint density at radius 3 is 2.20 bits per heavy atom. The van der Waals surface area contributed by atoms with E-state index >= 15 is 0 Å². The van der Waals surface area contributed by atoms with Crippen molar-refractivity contribution in [3.8, 4) is 0 Å². The summed E-state index contributed by atoms with van der Waals surface area (Å²) in [6, 6.07) is 2.23. The molecule has 1 heteroatoms. The number of unbranched alkanes of at least 4 members (excludes halogenated alkanes) is 3. The predicted octanol–water partition coefficient (Wildman–Crippen LogP) is 6.40. The molecule has 20 heavy (non-hydrogen) atoms. The van der Waals surface area contributed by atoms with Crippen molar-refractivity contribution in [2.45, 2.75) is 91.4 Å². The average molecular weight is 275 g/mol. The molecule has 0 aliphatic carbocycles. The van der Waals surface area contributed by atoms with Gasteiger partial charge in [0.1, 0.15) is 0 Å². The van der Waals surface area contributed by atoms with Gasteiger partial charge in [-0.2, -0.15) is 0 Å². The lowest BCUT2D eigenvalue weighted by atomic mass is 9.84. The van der Waals surface area contributed by atoms with Gasteiger partial charge in [0.15, 0.2) is 0 Å². The molecule has 1 atom stereocenters. The van der Waals surface area contributed by atoms with Gasteiger partial charge in [0, 0.05) is 11.9 Å². The van der Waals surface area contributed by atoms with Crippen molar-refractivity contribution in [3.63, 3.8) is 0 Å². The molecule has 0 bridgehead atoms. The van der Waals surface area contributed by atoms with Crippen molar-refractivity contribution in [3.05, 3.63) is 29.1 Å². The third-order valence-electron chi connectivity index (χ3n) is 4.21. The lowest BCUT2D eigenvalue weighted by Gasteiger charge is -2.23. The van der Waals surface area contributed by atoms with E-state index in [2.05, 4.69) is 52.6 Å². The quantitative estimate of drug-likeness (QED) is 0.500. The highest BCUT2D eigenvalue weighted by atomic mass is 14.7. The van der Waals surface area contributed by atoms with Gasteiger partial charge in [0.05, 0.1) is 0 Å². The van der Waals surface area contributed by atoms with Crippen LogP contribution in [0.15, 0.2) is 12.3 Å². The monoisotopic (exact) mass is 275 g/mol. The zero-order valence-corrected chi connectivity index (χ0v) is 14.4. The fourth-order valence-electron chi connectivity index (χ4n) is 3.03. The van der Waals surface area contributed by atoms with Gasteiger partial charge in [-0.15, -0.1) is 0 Å². The maximum atomic E-state index is 4.69. The van der Waals surface area contributed by atoms with Crippen LogP contribution >= 0.6 is 0 Å². The highest BCUT2D eigenvalue weighted by Gasteiger charge is 2.19. The lowest BCUT2D eigenvalue weighted by Crippen LogP contribution is -2.09. The van der Waals surface area contributed by atoms with Crippen LogP contribution in [0.3, 0.4) is 0 Å². The first kappa shape index (κ1) is 17.2. The highest BCUT2D eigenvalue weighted by molar-refractivity contribution is 5.36. The van der Waals surface area contributed by atoms with Crippen LogP contribution in [0.25, 0.3) is 0 Å². The summed E-state index contributed by atoms with van der Waals surface area (Å²) in [7, 11) is 0. The van der Waals surface area contributed by atoms with Crippen molar-refractivity contribution >= 4 is 0 Å². The first-order valence-electron chi connectivity index (χ1n) is 8.47.